The highest BCUT2D eigenvalue weighted by Crippen LogP contribution is 2.26. The SMILES string of the molecule is CCC[C@@H](C)NC(=O)COc1ccc(S(=O)(=O)Nc2ccc(Cl)c(Cl)c2)cc1. The first-order valence-corrected chi connectivity index (χ1v) is 10.9. The number of halogens is 2. The fourth-order valence-corrected chi connectivity index (χ4v) is 3.81. The highest BCUT2D eigenvalue weighted by molar-refractivity contribution is 7.92. The average Bonchev–Trinajstić information content (AvgIpc) is 2.63. The van der Waals surface area contributed by atoms with Gasteiger partial charge in [0.15, 0.2) is 6.61 Å². The number of ether oxygens (including phenoxy) is 1. The van der Waals surface area contributed by atoms with Crippen LogP contribution in [0.25, 0.3) is 0 Å². The van der Waals surface area contributed by atoms with Gasteiger partial charge in [0, 0.05) is 6.04 Å². The topological polar surface area (TPSA) is 84.5 Å². The molecule has 1 atom stereocenters. The molecule has 2 aromatic rings. The van der Waals surface area contributed by atoms with Crippen molar-refractivity contribution in [1.82, 2.24) is 5.32 Å². The number of benzene rings is 2. The van der Waals surface area contributed by atoms with Crippen LogP contribution >= 0.6 is 23.2 Å². The summed E-state index contributed by atoms with van der Waals surface area (Å²) in [4.78, 5) is 11.9. The molecule has 0 fully saturated rings. The Morgan fingerprint density at radius 3 is 2.39 bits per heavy atom. The number of carbonyl (C=O) groups excluding carboxylic acids is 1. The van der Waals surface area contributed by atoms with E-state index in [1.165, 1.54) is 42.5 Å². The van der Waals surface area contributed by atoms with Crippen molar-refractivity contribution in [3.8, 4) is 5.75 Å². The Bertz CT molecular complexity index is 918. The molecular weight excluding hydrogens is 423 g/mol. The maximum absolute atomic E-state index is 12.5. The molecule has 0 saturated carbocycles. The lowest BCUT2D eigenvalue weighted by molar-refractivity contribution is -0.123. The van der Waals surface area contributed by atoms with E-state index < -0.39 is 10.0 Å². The lowest BCUT2D eigenvalue weighted by Gasteiger charge is -2.13. The fourth-order valence-electron chi connectivity index (χ4n) is 2.46. The van der Waals surface area contributed by atoms with Gasteiger partial charge in [0.2, 0.25) is 0 Å². The molecule has 0 bridgehead atoms. The molecule has 28 heavy (non-hydrogen) atoms. The third kappa shape index (κ3) is 6.58. The number of hydrogen-bond acceptors (Lipinski definition) is 4. The largest absolute Gasteiger partial charge is 0.484 e. The summed E-state index contributed by atoms with van der Waals surface area (Å²) in [7, 11) is -3.80. The molecule has 0 unspecified atom stereocenters. The first-order chi connectivity index (χ1) is 13.2. The van der Waals surface area contributed by atoms with Crippen LogP contribution < -0.4 is 14.8 Å². The number of carbonyl (C=O) groups is 1. The van der Waals surface area contributed by atoms with E-state index in [2.05, 4.69) is 10.0 Å². The molecule has 0 aliphatic rings. The predicted molar refractivity (Wildman–Crippen MR) is 112 cm³/mol. The quantitative estimate of drug-likeness (QED) is 0.596. The van der Waals surface area contributed by atoms with E-state index >= 15 is 0 Å². The maximum Gasteiger partial charge on any atom is 0.261 e. The minimum absolute atomic E-state index is 0.0481. The van der Waals surface area contributed by atoms with Crippen LogP contribution in [0.3, 0.4) is 0 Å². The first kappa shape index (κ1) is 22.3. The monoisotopic (exact) mass is 444 g/mol. The Labute approximate surface area is 175 Å². The van der Waals surface area contributed by atoms with Crippen LogP contribution in [0.5, 0.6) is 5.75 Å². The maximum atomic E-state index is 12.5. The zero-order chi connectivity index (χ0) is 20.7. The molecule has 6 nitrogen and oxygen atoms in total. The molecule has 0 spiro atoms. The van der Waals surface area contributed by atoms with Crippen LogP contribution in [0.4, 0.5) is 5.69 Å². The molecule has 2 N–H and O–H groups in total. The van der Waals surface area contributed by atoms with E-state index in [0.29, 0.717) is 16.5 Å². The Balaban J connectivity index is 1.97. The van der Waals surface area contributed by atoms with Gasteiger partial charge in [0.1, 0.15) is 5.75 Å². The summed E-state index contributed by atoms with van der Waals surface area (Å²) in [6.07, 6.45) is 1.87. The van der Waals surface area contributed by atoms with E-state index in [9.17, 15) is 13.2 Å². The smallest absolute Gasteiger partial charge is 0.261 e. The molecule has 0 aliphatic carbocycles. The van der Waals surface area contributed by atoms with Gasteiger partial charge < -0.3 is 10.1 Å². The van der Waals surface area contributed by atoms with Gasteiger partial charge in [-0.2, -0.15) is 0 Å². The van der Waals surface area contributed by atoms with Gasteiger partial charge in [-0.05, 0) is 55.8 Å². The fraction of sp³-hybridized carbons (Fsp3) is 0.316. The van der Waals surface area contributed by atoms with Crippen LogP contribution in [0.1, 0.15) is 26.7 Å². The van der Waals surface area contributed by atoms with Crippen molar-refractivity contribution in [3.05, 3.63) is 52.5 Å². The Hall–Kier alpha value is -1.96. The van der Waals surface area contributed by atoms with E-state index in [-0.39, 0.29) is 28.5 Å². The standard InChI is InChI=1S/C19H22Cl2N2O4S/c1-3-4-13(2)22-19(24)12-27-15-6-8-16(9-7-15)28(25,26)23-14-5-10-17(20)18(21)11-14/h5-11,13,23H,3-4,12H2,1-2H3,(H,22,24)/t13-/m1/s1. The molecule has 9 heteroatoms. The van der Waals surface area contributed by atoms with Crippen LogP contribution in [0.2, 0.25) is 10.0 Å². The van der Waals surface area contributed by atoms with Crippen molar-refractivity contribution in [3.63, 3.8) is 0 Å². The highest BCUT2D eigenvalue weighted by atomic mass is 35.5. The second-order valence-electron chi connectivity index (χ2n) is 6.25. The van der Waals surface area contributed by atoms with Crippen molar-refractivity contribution in [1.29, 1.82) is 0 Å². The summed E-state index contributed by atoms with van der Waals surface area (Å²) in [5.74, 6) is 0.172. The summed E-state index contributed by atoms with van der Waals surface area (Å²) in [6.45, 7) is 3.84. The van der Waals surface area contributed by atoms with Crippen molar-refractivity contribution in [2.75, 3.05) is 11.3 Å². The van der Waals surface area contributed by atoms with E-state index in [4.69, 9.17) is 27.9 Å². The zero-order valence-electron chi connectivity index (χ0n) is 15.5. The number of amides is 1. The van der Waals surface area contributed by atoms with Gasteiger partial charge in [-0.3, -0.25) is 9.52 Å². The first-order valence-electron chi connectivity index (χ1n) is 8.71. The van der Waals surface area contributed by atoms with Crippen molar-refractivity contribution in [2.45, 2.75) is 37.6 Å². The zero-order valence-corrected chi connectivity index (χ0v) is 17.9. The molecule has 1 amide bonds. The summed E-state index contributed by atoms with van der Waals surface area (Å²) in [6, 6.07) is 10.3. The predicted octanol–water partition coefficient (Wildman–Crippen LogP) is 4.48. The molecule has 0 aliphatic heterocycles. The molecule has 2 rings (SSSR count). The lowest BCUT2D eigenvalue weighted by atomic mass is 10.2. The molecule has 0 saturated heterocycles. The van der Waals surface area contributed by atoms with Gasteiger partial charge in [0.25, 0.3) is 15.9 Å². The number of anilines is 1. The van der Waals surface area contributed by atoms with Gasteiger partial charge in [-0.25, -0.2) is 8.42 Å². The summed E-state index contributed by atoms with van der Waals surface area (Å²) < 4.78 is 32.8. The van der Waals surface area contributed by atoms with Crippen LogP contribution in [-0.4, -0.2) is 27.0 Å². The van der Waals surface area contributed by atoms with Crippen molar-refractivity contribution in [2.24, 2.45) is 0 Å². The second kappa shape index (κ2) is 10.0. The lowest BCUT2D eigenvalue weighted by Crippen LogP contribution is -2.35. The van der Waals surface area contributed by atoms with Gasteiger partial charge in [0.05, 0.1) is 20.6 Å². The normalized spacial score (nSPS) is 12.3. The number of nitrogens with one attached hydrogen (secondary N) is 2. The highest BCUT2D eigenvalue weighted by Gasteiger charge is 2.15. The third-order valence-corrected chi connectivity index (χ3v) is 5.94. The number of rotatable bonds is 9. The van der Waals surface area contributed by atoms with Gasteiger partial charge in [-0.15, -0.1) is 0 Å². The van der Waals surface area contributed by atoms with E-state index in [1.807, 2.05) is 13.8 Å². The van der Waals surface area contributed by atoms with Crippen LogP contribution in [-0.2, 0) is 14.8 Å². The van der Waals surface area contributed by atoms with Crippen LogP contribution in [0, 0.1) is 0 Å². The molecule has 0 heterocycles. The van der Waals surface area contributed by atoms with Gasteiger partial charge in [-0.1, -0.05) is 36.5 Å². The summed E-state index contributed by atoms with van der Waals surface area (Å²) in [5, 5.41) is 3.41. The second-order valence-corrected chi connectivity index (χ2v) is 8.75. The average molecular weight is 445 g/mol. The number of hydrogen-bond donors (Lipinski definition) is 2. The van der Waals surface area contributed by atoms with Crippen molar-refractivity contribution >= 4 is 44.8 Å². The van der Waals surface area contributed by atoms with Crippen LogP contribution in [0.15, 0.2) is 47.4 Å². The molecule has 152 valence electrons. The molecule has 2 aromatic carbocycles. The summed E-state index contributed by atoms with van der Waals surface area (Å²) in [5.41, 5.74) is 0.299. The summed E-state index contributed by atoms with van der Waals surface area (Å²) >= 11 is 11.7. The Kier molecular flexibility index (Phi) is 7.98. The Morgan fingerprint density at radius 2 is 1.79 bits per heavy atom. The minimum atomic E-state index is -3.80. The number of sulfonamides is 1. The third-order valence-electron chi connectivity index (χ3n) is 3.80. The van der Waals surface area contributed by atoms with E-state index in [1.54, 1.807) is 0 Å². The molecule has 0 aromatic heterocycles. The van der Waals surface area contributed by atoms with Crippen molar-refractivity contribution < 1.29 is 17.9 Å². The minimum Gasteiger partial charge on any atom is -0.484 e. The van der Waals surface area contributed by atoms with E-state index in [0.717, 1.165) is 12.8 Å². The Morgan fingerprint density at radius 1 is 1.11 bits per heavy atom. The molecular formula is C19H22Cl2N2O4S. The molecule has 0 radical (unpaired) electrons. The van der Waals surface area contributed by atoms with Gasteiger partial charge >= 0.3 is 0 Å².